The molecule has 25 nitrogen and oxygen atoms in total. The topological polar surface area (TPSA) is 435 Å². The Morgan fingerprint density at radius 3 is 1.59 bits per heavy atom. The average molecular weight is 963 g/mol. The second-order valence-corrected chi connectivity index (χ2v) is 17.5. The number of unbranched alkanes of at least 4 members (excludes halogenated alkanes) is 1. The number of aliphatic carboxylic acids is 2. The molecule has 0 rings (SSSR count). The minimum absolute atomic E-state index is 0.0363. The Morgan fingerprint density at radius 1 is 0.606 bits per heavy atom. The summed E-state index contributed by atoms with van der Waals surface area (Å²) in [5, 5.41) is 56.5. The Balaban J connectivity index is 6.44. The number of carboxylic acid groups (broad SMARTS) is 2. The van der Waals surface area contributed by atoms with Crippen molar-refractivity contribution in [1.82, 2.24) is 37.2 Å². The lowest BCUT2D eigenvalue weighted by Gasteiger charge is -2.29. The summed E-state index contributed by atoms with van der Waals surface area (Å²) in [6.07, 6.45) is 0.598. The number of amides is 7. The highest BCUT2D eigenvalue weighted by Crippen LogP contribution is 2.11. The van der Waals surface area contributed by atoms with E-state index >= 15 is 0 Å². The predicted molar refractivity (Wildman–Crippen MR) is 245 cm³/mol. The molecule has 7 amide bonds. The van der Waals surface area contributed by atoms with Gasteiger partial charge in [0.2, 0.25) is 41.4 Å². The second kappa shape index (κ2) is 32.4. The van der Waals surface area contributed by atoms with Gasteiger partial charge in [-0.3, -0.25) is 43.3 Å². The molecular formula is C40H74N12O13S. The molecule has 0 aromatic carbocycles. The van der Waals surface area contributed by atoms with Gasteiger partial charge < -0.3 is 80.6 Å². The zero-order valence-corrected chi connectivity index (χ0v) is 39.5. The van der Waals surface area contributed by atoms with Gasteiger partial charge in [-0.1, -0.05) is 34.1 Å². The first-order valence-corrected chi connectivity index (χ1v) is 23.2. The lowest BCUT2D eigenvalue weighted by molar-refractivity contribution is -0.143. The Labute approximate surface area is 389 Å². The summed E-state index contributed by atoms with van der Waals surface area (Å²) >= 11 is 1.37. The summed E-state index contributed by atoms with van der Waals surface area (Å²) in [7, 11) is 0. The number of guanidine groups is 1. The van der Waals surface area contributed by atoms with Gasteiger partial charge in [0, 0.05) is 13.0 Å². The third-order valence-electron chi connectivity index (χ3n) is 9.85. The summed E-state index contributed by atoms with van der Waals surface area (Å²) in [5.74, 6) is -9.86. The maximum Gasteiger partial charge on any atom is 0.326 e. The van der Waals surface area contributed by atoms with E-state index < -0.39 is 133 Å². The Kier molecular flexibility index (Phi) is 29.8. The number of aliphatic hydroxyl groups excluding tert-OH is 2. The molecule has 0 aromatic rings. The molecule has 0 saturated carbocycles. The molecule has 0 saturated heterocycles. The normalized spacial score (nSPS) is 15.3. The number of nitrogens with one attached hydrogen (secondary N) is 7. The number of aliphatic imine (C=N–C) groups is 1. The van der Waals surface area contributed by atoms with Gasteiger partial charge in [0.15, 0.2) is 5.96 Å². The SMILES string of the molecule is CSCC[C@H](NC(=O)[C@@H](NC(=O)[C@@H](NC(=O)[C@H](CO)NC(=O)[C@H](CCCN=C(N)N)NC(=O)[C@H](CCC(=O)O)NC(=O)[C@H](CC(C)C)NC(=O)[C@@H](N)CCCCN)[C@@H](C)O)C(C)C)C(=O)O. The van der Waals surface area contributed by atoms with Crippen LogP contribution in [0.3, 0.4) is 0 Å². The summed E-state index contributed by atoms with van der Waals surface area (Å²) < 4.78 is 0. The number of thioether (sulfide) groups is 1. The molecule has 0 heterocycles. The first-order valence-electron chi connectivity index (χ1n) is 21.8. The summed E-state index contributed by atoms with van der Waals surface area (Å²) in [6, 6.07) is -11.4. The van der Waals surface area contributed by atoms with Crippen molar-refractivity contribution in [1.29, 1.82) is 0 Å². The number of carboxylic acids is 2. The van der Waals surface area contributed by atoms with Crippen LogP contribution in [0.25, 0.3) is 0 Å². The van der Waals surface area contributed by atoms with Crippen molar-refractivity contribution >= 4 is 71.0 Å². The molecule has 0 aliphatic rings. The van der Waals surface area contributed by atoms with Gasteiger partial charge in [0.1, 0.15) is 42.3 Å². The van der Waals surface area contributed by atoms with Gasteiger partial charge in [-0.05, 0) is 82.3 Å². The van der Waals surface area contributed by atoms with Crippen LogP contribution in [0, 0.1) is 11.8 Å². The minimum atomic E-state index is -1.81. The van der Waals surface area contributed by atoms with Crippen LogP contribution in [-0.2, 0) is 43.2 Å². The van der Waals surface area contributed by atoms with E-state index in [9.17, 15) is 63.6 Å². The molecule has 0 spiro atoms. The van der Waals surface area contributed by atoms with Crippen LogP contribution in [0.1, 0.15) is 92.4 Å². The lowest BCUT2D eigenvalue weighted by Crippen LogP contribution is -2.62. The molecule has 66 heavy (non-hydrogen) atoms. The number of nitrogens with two attached hydrogens (primary N) is 4. The van der Waals surface area contributed by atoms with Crippen molar-refractivity contribution in [3.8, 4) is 0 Å². The molecule has 0 radical (unpaired) electrons. The van der Waals surface area contributed by atoms with Gasteiger partial charge in [-0.15, -0.1) is 0 Å². The minimum Gasteiger partial charge on any atom is -0.481 e. The Bertz CT molecular complexity index is 1630. The van der Waals surface area contributed by atoms with Crippen molar-refractivity contribution in [3.05, 3.63) is 0 Å². The van der Waals surface area contributed by atoms with Crippen molar-refractivity contribution in [2.45, 2.75) is 147 Å². The molecule has 0 fully saturated rings. The number of carbonyl (C=O) groups is 9. The van der Waals surface area contributed by atoms with E-state index in [-0.39, 0.29) is 44.1 Å². The fraction of sp³-hybridized carbons (Fsp3) is 0.750. The zero-order valence-electron chi connectivity index (χ0n) is 38.7. The maximum atomic E-state index is 13.8. The van der Waals surface area contributed by atoms with Gasteiger partial charge in [0.25, 0.3) is 0 Å². The van der Waals surface area contributed by atoms with E-state index in [0.29, 0.717) is 31.6 Å². The number of rotatable bonds is 34. The molecule has 0 aromatic heterocycles. The molecule has 378 valence electrons. The first kappa shape index (κ1) is 60.7. The van der Waals surface area contributed by atoms with E-state index in [0.717, 1.165) is 6.92 Å². The summed E-state index contributed by atoms with van der Waals surface area (Å²) in [6.45, 7) is 7.14. The summed E-state index contributed by atoms with van der Waals surface area (Å²) in [5.41, 5.74) is 22.4. The third-order valence-corrected chi connectivity index (χ3v) is 10.5. The Hall–Kier alpha value is -5.31. The molecule has 9 atom stereocenters. The highest BCUT2D eigenvalue weighted by molar-refractivity contribution is 7.98. The average Bonchev–Trinajstić information content (AvgIpc) is 3.23. The highest BCUT2D eigenvalue weighted by Gasteiger charge is 2.36. The number of carbonyl (C=O) groups excluding carboxylic acids is 7. The van der Waals surface area contributed by atoms with Crippen LogP contribution < -0.4 is 60.2 Å². The van der Waals surface area contributed by atoms with Crippen LogP contribution >= 0.6 is 11.8 Å². The van der Waals surface area contributed by atoms with E-state index in [1.54, 1.807) is 34.0 Å². The van der Waals surface area contributed by atoms with Crippen molar-refractivity contribution in [2.24, 2.45) is 39.8 Å². The van der Waals surface area contributed by atoms with Gasteiger partial charge in [-0.2, -0.15) is 11.8 Å². The number of hydrogen-bond donors (Lipinski definition) is 15. The van der Waals surface area contributed by atoms with Crippen molar-refractivity contribution < 1.29 is 63.6 Å². The highest BCUT2D eigenvalue weighted by atomic mass is 32.2. The molecule has 0 bridgehead atoms. The quantitative estimate of drug-likeness (QED) is 0.0165. The number of aliphatic hydroxyl groups is 2. The fourth-order valence-electron chi connectivity index (χ4n) is 6.13. The van der Waals surface area contributed by atoms with E-state index in [2.05, 4.69) is 42.2 Å². The second-order valence-electron chi connectivity index (χ2n) is 16.5. The lowest BCUT2D eigenvalue weighted by atomic mass is 10.0. The summed E-state index contributed by atoms with van der Waals surface area (Å²) in [4.78, 5) is 121. The van der Waals surface area contributed by atoms with E-state index in [4.69, 9.17) is 22.9 Å². The maximum absolute atomic E-state index is 13.8. The fourth-order valence-corrected chi connectivity index (χ4v) is 6.60. The molecule has 26 heteroatoms. The van der Waals surface area contributed by atoms with Crippen LogP contribution in [0.4, 0.5) is 0 Å². The van der Waals surface area contributed by atoms with Gasteiger partial charge >= 0.3 is 11.9 Å². The predicted octanol–water partition coefficient (Wildman–Crippen LogP) is -4.33. The van der Waals surface area contributed by atoms with E-state index in [1.165, 1.54) is 11.8 Å². The molecule has 19 N–H and O–H groups in total. The largest absolute Gasteiger partial charge is 0.481 e. The number of nitrogens with zero attached hydrogens (tertiary/aromatic N) is 1. The molecule has 0 aliphatic heterocycles. The zero-order chi connectivity index (χ0) is 50.7. The molecule has 0 aliphatic carbocycles. The smallest absolute Gasteiger partial charge is 0.326 e. The molecular weight excluding hydrogens is 889 g/mol. The van der Waals surface area contributed by atoms with E-state index in [1.807, 2.05) is 0 Å². The van der Waals surface area contributed by atoms with Gasteiger partial charge in [-0.25, -0.2) is 4.79 Å². The van der Waals surface area contributed by atoms with Crippen LogP contribution in [0.15, 0.2) is 4.99 Å². The number of hydrogen-bond acceptors (Lipinski definition) is 15. The van der Waals surface area contributed by atoms with Gasteiger partial charge in [0.05, 0.1) is 18.8 Å². The van der Waals surface area contributed by atoms with Crippen molar-refractivity contribution in [2.75, 3.05) is 31.7 Å². The molecule has 0 unspecified atom stereocenters. The Morgan fingerprint density at radius 2 is 1.11 bits per heavy atom. The van der Waals surface area contributed by atoms with Crippen molar-refractivity contribution in [3.63, 3.8) is 0 Å². The van der Waals surface area contributed by atoms with Crippen LogP contribution in [0.5, 0.6) is 0 Å². The monoisotopic (exact) mass is 963 g/mol. The first-order chi connectivity index (χ1) is 30.9. The van der Waals surface area contributed by atoms with Crippen LogP contribution in [-0.4, -0.2) is 166 Å². The van der Waals surface area contributed by atoms with Crippen LogP contribution in [0.2, 0.25) is 0 Å². The third kappa shape index (κ3) is 24.3. The standard InChI is InChI=1S/C40H74N12O13S/c1-20(2)18-27(49-32(57)23(42)10-7-8-15-41)35(60)47-25(12-13-29(55)56)34(59)46-24(11-9-16-45-40(43)44)33(58)50-28(19-53)36(61)52-31(22(5)54)38(63)51-30(21(3)4)37(62)48-26(39(64)65)14-17-66-6/h20-28,30-31,53-54H,7-19,41-42H2,1-6H3,(H,46,59)(H,47,60)(H,48,62)(H,49,57)(H,50,58)(H,51,63)(H,52,61)(H,55,56)(H,64,65)(H4,43,44,45)/t22-,23+,24+,25+,26+,27+,28+,30+,31+/m1/s1.